The van der Waals surface area contributed by atoms with Crippen LogP contribution in [0, 0.1) is 19.8 Å². The fraction of sp³-hybridized carbons (Fsp3) is 0.625. The number of nitrogens with zero attached hydrogens (tertiary/aromatic N) is 3. The Hall–Kier alpha value is -1.55. The minimum atomic E-state index is -3.68. The van der Waals surface area contributed by atoms with Gasteiger partial charge in [0.2, 0.25) is 10.0 Å². The average Bonchev–Trinajstić information content (AvgIpc) is 3.20. The highest BCUT2D eigenvalue weighted by atomic mass is 32.2. The van der Waals surface area contributed by atoms with Gasteiger partial charge in [-0.05, 0) is 54.2 Å². The number of nitrogens with one attached hydrogen (secondary N) is 1. The maximum atomic E-state index is 12.8. The molecular formula is C16H24N4O4S. The maximum absolute atomic E-state index is 12.8. The zero-order valence-corrected chi connectivity index (χ0v) is 15.6. The number of sulfonamides is 1. The van der Waals surface area contributed by atoms with Crippen molar-refractivity contribution in [1.29, 1.82) is 0 Å². The monoisotopic (exact) mass is 368 g/mol. The zero-order valence-electron chi connectivity index (χ0n) is 14.8. The van der Waals surface area contributed by atoms with Crippen molar-refractivity contribution in [2.24, 2.45) is 5.92 Å². The summed E-state index contributed by atoms with van der Waals surface area (Å²) in [6, 6.07) is 1.79. The number of rotatable bonds is 7. The molecule has 1 N–H and O–H groups in total. The highest BCUT2D eigenvalue weighted by Crippen LogP contribution is 2.27. The van der Waals surface area contributed by atoms with E-state index in [1.165, 1.54) is 0 Å². The summed E-state index contributed by atoms with van der Waals surface area (Å²) in [4.78, 5) is 2.45. The maximum Gasteiger partial charge on any atom is 0.243 e. The largest absolute Gasteiger partial charge is 0.383 e. The van der Waals surface area contributed by atoms with Gasteiger partial charge in [-0.2, -0.15) is 0 Å². The van der Waals surface area contributed by atoms with Gasteiger partial charge in [-0.1, -0.05) is 6.07 Å². The molecule has 1 aromatic carbocycles. The molecule has 1 aliphatic heterocycles. The third-order valence-electron chi connectivity index (χ3n) is 4.68. The molecule has 1 fully saturated rings. The highest BCUT2D eigenvalue weighted by Gasteiger charge is 2.27. The van der Waals surface area contributed by atoms with E-state index in [1.807, 2.05) is 6.92 Å². The summed E-state index contributed by atoms with van der Waals surface area (Å²) in [5, 5.41) is 7.62. The summed E-state index contributed by atoms with van der Waals surface area (Å²) in [7, 11) is -2.00. The summed E-state index contributed by atoms with van der Waals surface area (Å²) in [6.45, 7) is 7.44. The Kier molecular flexibility index (Phi) is 5.38. The van der Waals surface area contributed by atoms with Crippen LogP contribution in [-0.2, 0) is 14.8 Å². The highest BCUT2D eigenvalue weighted by molar-refractivity contribution is 7.89. The summed E-state index contributed by atoms with van der Waals surface area (Å²) in [5.74, 6) is 0.295. The molecule has 2 aromatic rings. The molecule has 138 valence electrons. The molecule has 0 saturated carbocycles. The lowest BCUT2D eigenvalue weighted by atomic mass is 10.1. The van der Waals surface area contributed by atoms with Crippen molar-refractivity contribution in [3.05, 3.63) is 17.2 Å². The van der Waals surface area contributed by atoms with Crippen LogP contribution in [0.15, 0.2) is 15.6 Å². The van der Waals surface area contributed by atoms with Crippen molar-refractivity contribution in [2.45, 2.75) is 25.2 Å². The lowest BCUT2D eigenvalue weighted by molar-refractivity contribution is 0.159. The molecule has 1 aromatic heterocycles. The molecule has 0 aliphatic carbocycles. The lowest BCUT2D eigenvalue weighted by Gasteiger charge is -2.16. The van der Waals surface area contributed by atoms with Crippen LogP contribution in [0.3, 0.4) is 0 Å². The first kappa shape index (κ1) is 18.2. The Balaban J connectivity index is 1.72. The number of hydrogen-bond donors (Lipinski definition) is 1. The standard InChI is InChI=1S/C16H24N4O4S/c1-11-8-12(2)16(15-14(11)18-24-19-15)25(21,22)17-9-13-4-5-20(10-13)6-7-23-3/h8,13,17H,4-7,9-10H2,1-3H3/t13-/m1/s1. The summed E-state index contributed by atoms with van der Waals surface area (Å²) < 4.78 is 38.3. The first-order chi connectivity index (χ1) is 11.9. The average molecular weight is 368 g/mol. The van der Waals surface area contributed by atoms with Gasteiger partial charge >= 0.3 is 0 Å². The molecular weight excluding hydrogens is 344 g/mol. The van der Waals surface area contributed by atoms with Crippen LogP contribution in [0.2, 0.25) is 0 Å². The lowest BCUT2D eigenvalue weighted by Crippen LogP contribution is -2.32. The zero-order chi connectivity index (χ0) is 18.0. The summed E-state index contributed by atoms with van der Waals surface area (Å²) in [6.07, 6.45) is 0.972. The van der Waals surface area contributed by atoms with Crippen molar-refractivity contribution in [1.82, 2.24) is 19.9 Å². The van der Waals surface area contributed by atoms with Gasteiger partial charge in [0, 0.05) is 26.7 Å². The van der Waals surface area contributed by atoms with Crippen LogP contribution in [0.1, 0.15) is 17.5 Å². The molecule has 0 radical (unpaired) electrons. The molecule has 25 heavy (non-hydrogen) atoms. The normalized spacial score (nSPS) is 19.1. The van der Waals surface area contributed by atoms with Gasteiger partial charge in [0.05, 0.1) is 6.61 Å². The first-order valence-corrected chi connectivity index (χ1v) is 9.84. The van der Waals surface area contributed by atoms with Crippen LogP contribution in [0.5, 0.6) is 0 Å². The van der Waals surface area contributed by atoms with Gasteiger partial charge in [-0.3, -0.25) is 0 Å². The molecule has 8 nitrogen and oxygen atoms in total. The van der Waals surface area contributed by atoms with Crippen molar-refractivity contribution in [3.63, 3.8) is 0 Å². The molecule has 0 amide bonds. The second-order valence-electron chi connectivity index (χ2n) is 6.60. The number of fused-ring (bicyclic) bond motifs is 1. The Morgan fingerprint density at radius 2 is 2.08 bits per heavy atom. The predicted octanol–water partition coefficient (Wildman–Crippen LogP) is 1.09. The quantitative estimate of drug-likeness (QED) is 0.781. The van der Waals surface area contributed by atoms with Crippen LogP contribution in [-0.4, -0.2) is 63.5 Å². The van der Waals surface area contributed by atoms with E-state index in [4.69, 9.17) is 9.37 Å². The molecule has 0 unspecified atom stereocenters. The van der Waals surface area contributed by atoms with Crippen molar-refractivity contribution >= 4 is 21.1 Å². The number of likely N-dealkylation sites (tertiary alicyclic amines) is 1. The van der Waals surface area contributed by atoms with E-state index in [0.717, 1.165) is 31.6 Å². The molecule has 0 spiro atoms. The van der Waals surface area contributed by atoms with Crippen molar-refractivity contribution in [2.75, 3.05) is 39.9 Å². The van der Waals surface area contributed by atoms with Gasteiger partial charge in [0.1, 0.15) is 10.4 Å². The Bertz CT molecular complexity index is 849. The second-order valence-corrected chi connectivity index (χ2v) is 8.30. The Morgan fingerprint density at radius 3 is 2.84 bits per heavy atom. The predicted molar refractivity (Wildman–Crippen MR) is 92.9 cm³/mol. The van der Waals surface area contributed by atoms with E-state index in [0.29, 0.717) is 30.1 Å². The van der Waals surface area contributed by atoms with Gasteiger partial charge in [-0.15, -0.1) is 0 Å². The fourth-order valence-electron chi connectivity index (χ4n) is 3.38. The fourth-order valence-corrected chi connectivity index (χ4v) is 4.85. The van der Waals surface area contributed by atoms with Gasteiger partial charge < -0.3 is 9.64 Å². The molecule has 1 aliphatic rings. The van der Waals surface area contributed by atoms with Crippen LogP contribution < -0.4 is 4.72 Å². The van der Waals surface area contributed by atoms with Crippen molar-refractivity contribution in [3.8, 4) is 0 Å². The van der Waals surface area contributed by atoms with Gasteiger partial charge in [-0.25, -0.2) is 17.8 Å². The van der Waals surface area contributed by atoms with E-state index in [2.05, 4.69) is 19.9 Å². The summed E-state index contributed by atoms with van der Waals surface area (Å²) >= 11 is 0. The van der Waals surface area contributed by atoms with E-state index >= 15 is 0 Å². The Morgan fingerprint density at radius 1 is 1.32 bits per heavy atom. The number of methoxy groups -OCH3 is 1. The molecule has 0 bridgehead atoms. The third-order valence-corrected chi connectivity index (χ3v) is 6.28. The molecule has 2 heterocycles. The van der Waals surface area contributed by atoms with E-state index < -0.39 is 10.0 Å². The number of ether oxygens (including phenoxy) is 1. The smallest absolute Gasteiger partial charge is 0.243 e. The minimum Gasteiger partial charge on any atom is -0.383 e. The van der Waals surface area contributed by atoms with Crippen LogP contribution in [0.25, 0.3) is 11.0 Å². The van der Waals surface area contributed by atoms with E-state index in [1.54, 1.807) is 20.1 Å². The molecule has 1 atom stereocenters. The molecule has 9 heteroatoms. The number of benzene rings is 1. The van der Waals surface area contributed by atoms with E-state index in [9.17, 15) is 8.42 Å². The number of aryl methyl sites for hydroxylation is 2. The van der Waals surface area contributed by atoms with Gasteiger partial charge in [0.15, 0.2) is 5.52 Å². The third kappa shape index (κ3) is 3.84. The Labute approximate surface area is 147 Å². The van der Waals surface area contributed by atoms with Crippen LogP contribution in [0.4, 0.5) is 0 Å². The van der Waals surface area contributed by atoms with Crippen molar-refractivity contribution < 1.29 is 17.8 Å². The van der Waals surface area contributed by atoms with Crippen LogP contribution >= 0.6 is 0 Å². The SMILES string of the molecule is COCCN1CC[C@H](CNS(=O)(=O)c2c(C)cc(C)c3nonc23)C1. The van der Waals surface area contributed by atoms with E-state index in [-0.39, 0.29) is 10.4 Å². The number of hydrogen-bond acceptors (Lipinski definition) is 7. The molecule has 3 rings (SSSR count). The minimum absolute atomic E-state index is 0.156. The topological polar surface area (TPSA) is 97.6 Å². The van der Waals surface area contributed by atoms with Gasteiger partial charge in [0.25, 0.3) is 0 Å². The first-order valence-electron chi connectivity index (χ1n) is 8.36. The summed E-state index contributed by atoms with van der Waals surface area (Å²) in [5.41, 5.74) is 2.26. The second kappa shape index (κ2) is 7.36. The molecule has 1 saturated heterocycles. The number of aromatic nitrogens is 2.